The second-order valence-electron chi connectivity index (χ2n) is 5.21. The Morgan fingerprint density at radius 3 is 2.38 bits per heavy atom. The van der Waals surface area contributed by atoms with Crippen molar-refractivity contribution in [2.45, 2.75) is 19.3 Å². The van der Waals surface area contributed by atoms with Gasteiger partial charge in [0, 0.05) is 18.1 Å². The Hall–Kier alpha value is -1.81. The van der Waals surface area contributed by atoms with Gasteiger partial charge in [0.1, 0.15) is 5.41 Å². The van der Waals surface area contributed by atoms with Crippen LogP contribution in [0.3, 0.4) is 0 Å². The van der Waals surface area contributed by atoms with Crippen molar-refractivity contribution in [3.8, 4) is 0 Å². The third kappa shape index (κ3) is 3.85. The molecule has 1 aromatic rings. The number of hydrogen-bond acceptors (Lipinski definition) is 2. The highest BCUT2D eigenvalue weighted by Gasteiger charge is 2.56. The van der Waals surface area contributed by atoms with E-state index in [9.17, 15) is 9.59 Å². The number of carbonyl (C=O) groups excluding carboxylic acids is 2. The lowest BCUT2D eigenvalue weighted by Crippen LogP contribution is -2.43. The van der Waals surface area contributed by atoms with Crippen molar-refractivity contribution in [1.82, 2.24) is 10.6 Å². The molecular formula is C16H19ClN2O2. The van der Waals surface area contributed by atoms with Crippen LogP contribution in [0.15, 0.2) is 36.9 Å². The molecule has 1 aliphatic carbocycles. The quantitative estimate of drug-likeness (QED) is 0.598. The van der Waals surface area contributed by atoms with Crippen LogP contribution in [-0.4, -0.2) is 24.9 Å². The molecule has 0 heterocycles. The number of rotatable bonds is 7. The highest BCUT2D eigenvalue weighted by Crippen LogP contribution is 2.46. The van der Waals surface area contributed by atoms with Crippen LogP contribution in [0, 0.1) is 5.41 Å². The van der Waals surface area contributed by atoms with Gasteiger partial charge in [0.15, 0.2) is 0 Å². The Morgan fingerprint density at radius 1 is 1.19 bits per heavy atom. The number of hydrogen-bond donors (Lipinski definition) is 2. The van der Waals surface area contributed by atoms with E-state index in [4.69, 9.17) is 11.6 Å². The van der Waals surface area contributed by atoms with Gasteiger partial charge < -0.3 is 10.6 Å². The number of carbonyl (C=O) groups is 2. The van der Waals surface area contributed by atoms with Crippen LogP contribution in [-0.2, 0) is 16.0 Å². The average molecular weight is 307 g/mol. The van der Waals surface area contributed by atoms with E-state index in [-0.39, 0.29) is 11.8 Å². The summed E-state index contributed by atoms with van der Waals surface area (Å²) in [5.74, 6) is -0.385. The number of nitrogens with one attached hydrogen (secondary N) is 2. The SMILES string of the molecule is C=CCNC(=O)C1(C(=O)NCCc2ccc(Cl)cc2)CC1. The van der Waals surface area contributed by atoms with Crippen LogP contribution >= 0.6 is 11.6 Å². The second kappa shape index (κ2) is 6.76. The lowest BCUT2D eigenvalue weighted by molar-refractivity contribution is -0.137. The molecule has 0 aromatic heterocycles. The average Bonchev–Trinajstić information content (AvgIpc) is 3.28. The zero-order valence-corrected chi connectivity index (χ0v) is 12.6. The van der Waals surface area contributed by atoms with Crippen molar-refractivity contribution in [2.75, 3.05) is 13.1 Å². The molecule has 1 aliphatic rings. The molecule has 0 unspecified atom stereocenters. The van der Waals surface area contributed by atoms with Gasteiger partial charge in [-0.1, -0.05) is 29.8 Å². The van der Waals surface area contributed by atoms with Crippen molar-refractivity contribution in [1.29, 1.82) is 0 Å². The molecule has 0 bridgehead atoms. The van der Waals surface area contributed by atoms with E-state index in [0.29, 0.717) is 37.4 Å². The summed E-state index contributed by atoms with van der Waals surface area (Å²) >= 11 is 5.82. The summed E-state index contributed by atoms with van der Waals surface area (Å²) in [5, 5.41) is 6.24. The molecule has 0 radical (unpaired) electrons. The van der Waals surface area contributed by atoms with Gasteiger partial charge in [-0.3, -0.25) is 9.59 Å². The number of benzene rings is 1. The summed E-state index contributed by atoms with van der Waals surface area (Å²) in [7, 11) is 0. The highest BCUT2D eigenvalue weighted by atomic mass is 35.5. The van der Waals surface area contributed by atoms with Gasteiger partial charge in [-0.05, 0) is 37.0 Å². The molecule has 5 heteroatoms. The van der Waals surface area contributed by atoms with Gasteiger partial charge in [0.05, 0.1) is 0 Å². The first-order valence-electron chi connectivity index (χ1n) is 7.00. The van der Waals surface area contributed by atoms with Crippen LogP contribution in [0.4, 0.5) is 0 Å². The highest BCUT2D eigenvalue weighted by molar-refractivity contribution is 6.30. The summed E-state index contributed by atoms with van der Waals surface area (Å²) in [6.45, 7) is 4.44. The second-order valence-corrected chi connectivity index (χ2v) is 5.65. The molecule has 0 saturated heterocycles. The minimum absolute atomic E-state index is 0.182. The predicted octanol–water partition coefficient (Wildman–Crippen LogP) is 2.08. The number of amides is 2. The zero-order chi connectivity index (χ0) is 15.3. The molecular weight excluding hydrogens is 288 g/mol. The molecule has 2 N–H and O–H groups in total. The Balaban J connectivity index is 1.80. The van der Waals surface area contributed by atoms with Crippen molar-refractivity contribution < 1.29 is 9.59 Å². The molecule has 21 heavy (non-hydrogen) atoms. The summed E-state index contributed by atoms with van der Waals surface area (Å²) in [5.41, 5.74) is 0.240. The van der Waals surface area contributed by atoms with Crippen LogP contribution in [0.5, 0.6) is 0 Å². The first-order chi connectivity index (χ1) is 10.1. The minimum Gasteiger partial charge on any atom is -0.355 e. The van der Waals surface area contributed by atoms with Gasteiger partial charge in [-0.2, -0.15) is 0 Å². The Morgan fingerprint density at radius 2 is 1.81 bits per heavy atom. The fourth-order valence-electron chi connectivity index (χ4n) is 2.16. The van der Waals surface area contributed by atoms with Crippen molar-refractivity contribution in [2.24, 2.45) is 5.41 Å². The maximum atomic E-state index is 12.2. The molecule has 4 nitrogen and oxygen atoms in total. The normalized spacial score (nSPS) is 15.1. The summed E-state index contributed by atoms with van der Waals surface area (Å²) in [4.78, 5) is 24.1. The van der Waals surface area contributed by atoms with E-state index in [0.717, 1.165) is 5.56 Å². The molecule has 0 aliphatic heterocycles. The molecule has 1 saturated carbocycles. The van der Waals surface area contributed by atoms with E-state index in [2.05, 4.69) is 17.2 Å². The number of halogens is 1. The Kier molecular flexibility index (Phi) is 5.02. The molecule has 0 spiro atoms. The first-order valence-corrected chi connectivity index (χ1v) is 7.38. The lowest BCUT2D eigenvalue weighted by atomic mass is 10.0. The van der Waals surface area contributed by atoms with E-state index >= 15 is 0 Å². The van der Waals surface area contributed by atoms with Crippen LogP contribution in [0.25, 0.3) is 0 Å². The van der Waals surface area contributed by atoms with E-state index in [1.807, 2.05) is 24.3 Å². The van der Waals surface area contributed by atoms with E-state index in [1.54, 1.807) is 6.08 Å². The Labute approximate surface area is 129 Å². The van der Waals surface area contributed by atoms with Crippen LogP contribution < -0.4 is 10.6 Å². The maximum Gasteiger partial charge on any atom is 0.235 e. The third-order valence-electron chi connectivity index (χ3n) is 3.64. The minimum atomic E-state index is -0.858. The molecule has 112 valence electrons. The van der Waals surface area contributed by atoms with Gasteiger partial charge >= 0.3 is 0 Å². The Bertz CT molecular complexity index is 536. The molecule has 0 atom stereocenters. The molecule has 1 fully saturated rings. The lowest BCUT2D eigenvalue weighted by Gasteiger charge is -2.14. The molecule has 2 rings (SSSR count). The van der Waals surface area contributed by atoms with E-state index < -0.39 is 5.41 Å². The summed E-state index contributed by atoms with van der Waals surface area (Å²) in [6, 6.07) is 7.50. The monoisotopic (exact) mass is 306 g/mol. The first kappa shape index (κ1) is 15.6. The zero-order valence-electron chi connectivity index (χ0n) is 11.8. The van der Waals surface area contributed by atoms with Gasteiger partial charge in [-0.25, -0.2) is 0 Å². The summed E-state index contributed by atoms with van der Waals surface area (Å²) in [6.07, 6.45) is 3.55. The standard InChI is InChI=1S/C16H19ClN2O2/c1-2-10-18-14(20)16(8-9-16)15(21)19-11-7-12-3-5-13(17)6-4-12/h2-6H,1,7-11H2,(H,18,20)(H,19,21). The van der Waals surface area contributed by atoms with Gasteiger partial charge in [0.25, 0.3) is 0 Å². The van der Waals surface area contributed by atoms with E-state index in [1.165, 1.54) is 0 Å². The third-order valence-corrected chi connectivity index (χ3v) is 3.89. The fraction of sp³-hybridized carbons (Fsp3) is 0.375. The van der Waals surface area contributed by atoms with Crippen molar-refractivity contribution >= 4 is 23.4 Å². The van der Waals surface area contributed by atoms with Crippen molar-refractivity contribution in [3.05, 3.63) is 47.5 Å². The van der Waals surface area contributed by atoms with Crippen LogP contribution in [0.2, 0.25) is 5.02 Å². The van der Waals surface area contributed by atoms with Gasteiger partial charge in [0.2, 0.25) is 11.8 Å². The predicted molar refractivity (Wildman–Crippen MR) is 83.0 cm³/mol. The fourth-order valence-corrected chi connectivity index (χ4v) is 2.28. The molecule has 2 amide bonds. The smallest absolute Gasteiger partial charge is 0.235 e. The maximum absolute atomic E-state index is 12.2. The summed E-state index contributed by atoms with van der Waals surface area (Å²) < 4.78 is 0. The molecule has 1 aromatic carbocycles. The topological polar surface area (TPSA) is 58.2 Å². The van der Waals surface area contributed by atoms with Gasteiger partial charge in [-0.15, -0.1) is 6.58 Å². The van der Waals surface area contributed by atoms with Crippen molar-refractivity contribution in [3.63, 3.8) is 0 Å². The van der Waals surface area contributed by atoms with Crippen LogP contribution in [0.1, 0.15) is 18.4 Å². The largest absolute Gasteiger partial charge is 0.355 e.